The molecule has 34 heavy (non-hydrogen) atoms. The third kappa shape index (κ3) is 5.02. The van der Waals surface area contributed by atoms with Gasteiger partial charge in [-0.1, -0.05) is 47.6 Å². The zero-order valence-corrected chi connectivity index (χ0v) is 18.7. The molecule has 0 bridgehead atoms. The molecule has 1 aromatic heterocycles. The molecule has 1 amide bonds. The van der Waals surface area contributed by atoms with Gasteiger partial charge in [0.05, 0.1) is 6.61 Å². The molecule has 0 aliphatic heterocycles. The van der Waals surface area contributed by atoms with Gasteiger partial charge in [-0.15, -0.1) is 0 Å². The smallest absolute Gasteiger partial charge is 0.322 e. The highest BCUT2D eigenvalue weighted by Crippen LogP contribution is 2.31. The van der Waals surface area contributed by atoms with Crippen LogP contribution in [0.1, 0.15) is 21.5 Å². The van der Waals surface area contributed by atoms with Crippen molar-refractivity contribution in [2.75, 3.05) is 13.7 Å². The Bertz CT molecular complexity index is 1350. The van der Waals surface area contributed by atoms with Crippen molar-refractivity contribution in [1.29, 1.82) is 0 Å². The second-order valence-corrected chi connectivity index (χ2v) is 7.70. The quantitative estimate of drug-likeness (QED) is 0.404. The molecule has 0 spiro atoms. The molecule has 0 radical (unpaired) electrons. The normalized spacial score (nSPS) is 10.8. The predicted molar refractivity (Wildman–Crippen MR) is 126 cm³/mol. The van der Waals surface area contributed by atoms with Gasteiger partial charge < -0.3 is 19.7 Å². The molecule has 1 heterocycles. The molecule has 4 aromatic rings. The third-order valence-electron chi connectivity index (χ3n) is 5.30. The van der Waals surface area contributed by atoms with Gasteiger partial charge in [-0.05, 0) is 53.4 Å². The molecular weight excluding hydrogens is 434 g/mol. The van der Waals surface area contributed by atoms with Crippen LogP contribution in [0.3, 0.4) is 0 Å². The van der Waals surface area contributed by atoms with Crippen molar-refractivity contribution in [1.82, 2.24) is 15.5 Å². The fourth-order valence-electron chi connectivity index (χ4n) is 3.65. The van der Waals surface area contributed by atoms with Gasteiger partial charge in [0, 0.05) is 23.8 Å². The van der Waals surface area contributed by atoms with Gasteiger partial charge in [0.1, 0.15) is 6.54 Å². The Morgan fingerprint density at radius 2 is 1.82 bits per heavy atom. The summed E-state index contributed by atoms with van der Waals surface area (Å²) >= 11 is 0. The third-order valence-corrected chi connectivity index (χ3v) is 5.30. The van der Waals surface area contributed by atoms with Gasteiger partial charge in [0.2, 0.25) is 5.82 Å². The number of ether oxygens (including phenoxy) is 1. The number of nitrogens with zero attached hydrogens (tertiary/aromatic N) is 2. The molecular formula is C26H23N3O5. The number of aliphatic carboxylic acids is 1. The summed E-state index contributed by atoms with van der Waals surface area (Å²) in [7, 11) is 1.65. The van der Waals surface area contributed by atoms with Gasteiger partial charge in [-0.3, -0.25) is 9.59 Å². The summed E-state index contributed by atoms with van der Waals surface area (Å²) in [6.07, 6.45) is 0. The molecule has 0 aliphatic carbocycles. The largest absolute Gasteiger partial charge is 0.480 e. The van der Waals surface area contributed by atoms with Gasteiger partial charge in [0.15, 0.2) is 0 Å². The summed E-state index contributed by atoms with van der Waals surface area (Å²) in [5.41, 5.74) is 5.99. The molecule has 8 nitrogen and oxygen atoms in total. The van der Waals surface area contributed by atoms with Crippen molar-refractivity contribution in [2.45, 2.75) is 13.5 Å². The highest BCUT2D eigenvalue weighted by atomic mass is 16.5. The van der Waals surface area contributed by atoms with E-state index in [1.54, 1.807) is 31.4 Å². The fourth-order valence-corrected chi connectivity index (χ4v) is 3.65. The number of amides is 1. The molecule has 0 aliphatic rings. The van der Waals surface area contributed by atoms with E-state index in [9.17, 15) is 9.59 Å². The number of carbonyl (C=O) groups is 2. The van der Waals surface area contributed by atoms with Crippen molar-refractivity contribution in [2.24, 2.45) is 0 Å². The van der Waals surface area contributed by atoms with E-state index in [4.69, 9.17) is 14.4 Å². The molecule has 0 saturated carbocycles. The molecule has 0 unspecified atom stereocenters. The molecule has 8 heteroatoms. The van der Waals surface area contributed by atoms with Crippen LogP contribution in [0.5, 0.6) is 0 Å². The number of hydrogen-bond acceptors (Lipinski definition) is 6. The SMILES string of the molecule is COCc1cc(-c2nc(-c3cccc(C(=O)NCC(=O)O)c3)no2)ccc1-c1ccccc1C. The Kier molecular flexibility index (Phi) is 6.79. The number of carbonyl (C=O) groups excluding carboxylic acids is 1. The topological polar surface area (TPSA) is 115 Å². The van der Waals surface area contributed by atoms with Crippen molar-refractivity contribution >= 4 is 11.9 Å². The van der Waals surface area contributed by atoms with E-state index in [1.807, 2.05) is 30.3 Å². The lowest BCUT2D eigenvalue weighted by Crippen LogP contribution is -2.29. The summed E-state index contributed by atoms with van der Waals surface area (Å²) in [5.74, 6) is -0.957. The minimum absolute atomic E-state index is 0.301. The van der Waals surface area contributed by atoms with Crippen LogP contribution in [0, 0.1) is 6.92 Å². The second-order valence-electron chi connectivity index (χ2n) is 7.70. The Balaban J connectivity index is 1.63. The summed E-state index contributed by atoms with van der Waals surface area (Å²) in [6.45, 7) is 2.03. The minimum Gasteiger partial charge on any atom is -0.480 e. The maximum absolute atomic E-state index is 12.2. The second kappa shape index (κ2) is 10.1. The first-order chi connectivity index (χ1) is 16.5. The highest BCUT2D eigenvalue weighted by molar-refractivity contribution is 5.96. The van der Waals surface area contributed by atoms with E-state index in [2.05, 4.69) is 34.5 Å². The number of aryl methyl sites for hydroxylation is 1. The minimum atomic E-state index is -1.12. The van der Waals surface area contributed by atoms with Crippen molar-refractivity contribution < 1.29 is 24.0 Å². The molecule has 0 fully saturated rings. The standard InChI is InChI=1S/C26H23N3O5/c1-16-6-3-4-9-21(16)22-11-10-19(13-20(22)15-33-2)26-28-24(29-34-26)17-7-5-8-18(12-17)25(32)27-14-23(30)31/h3-13H,14-15H2,1-2H3,(H,27,32)(H,30,31). The van der Waals surface area contributed by atoms with Gasteiger partial charge in [0.25, 0.3) is 11.8 Å². The maximum atomic E-state index is 12.2. The average Bonchev–Trinajstić information content (AvgIpc) is 3.34. The molecule has 3 aromatic carbocycles. The Morgan fingerprint density at radius 1 is 1.00 bits per heavy atom. The number of methoxy groups -OCH3 is 1. The summed E-state index contributed by atoms with van der Waals surface area (Å²) in [5, 5.41) is 15.1. The van der Waals surface area contributed by atoms with Gasteiger partial charge in [-0.25, -0.2) is 0 Å². The van der Waals surface area contributed by atoms with Gasteiger partial charge >= 0.3 is 5.97 Å². The zero-order valence-electron chi connectivity index (χ0n) is 18.7. The number of benzene rings is 3. The highest BCUT2D eigenvalue weighted by Gasteiger charge is 2.16. The van der Waals surface area contributed by atoms with Crippen LogP contribution < -0.4 is 5.32 Å². The van der Waals surface area contributed by atoms with Crippen LogP contribution >= 0.6 is 0 Å². The number of aromatic nitrogens is 2. The first-order valence-corrected chi connectivity index (χ1v) is 10.6. The zero-order chi connectivity index (χ0) is 24.1. The summed E-state index contributed by atoms with van der Waals surface area (Å²) < 4.78 is 10.9. The molecule has 4 rings (SSSR count). The average molecular weight is 457 g/mol. The van der Waals surface area contributed by atoms with E-state index in [1.165, 1.54) is 5.56 Å². The summed E-state index contributed by atoms with van der Waals surface area (Å²) in [6, 6.07) is 20.7. The first-order valence-electron chi connectivity index (χ1n) is 10.6. The number of rotatable bonds is 8. The number of carboxylic acids is 1. The van der Waals surface area contributed by atoms with Crippen LogP contribution in [-0.2, 0) is 16.1 Å². The molecule has 2 N–H and O–H groups in total. The Morgan fingerprint density at radius 3 is 2.59 bits per heavy atom. The van der Waals surface area contributed by atoms with Gasteiger partial charge in [-0.2, -0.15) is 4.98 Å². The monoisotopic (exact) mass is 457 g/mol. The van der Waals surface area contributed by atoms with Crippen molar-refractivity contribution in [3.8, 4) is 34.0 Å². The molecule has 172 valence electrons. The van der Waals surface area contributed by atoms with Crippen LogP contribution in [0.2, 0.25) is 0 Å². The lowest BCUT2D eigenvalue weighted by molar-refractivity contribution is -0.135. The van der Waals surface area contributed by atoms with E-state index in [-0.39, 0.29) is 0 Å². The van der Waals surface area contributed by atoms with Crippen LogP contribution in [0.4, 0.5) is 0 Å². The summed E-state index contributed by atoms with van der Waals surface area (Å²) in [4.78, 5) is 27.4. The lowest BCUT2D eigenvalue weighted by Gasteiger charge is -2.12. The van der Waals surface area contributed by atoms with Crippen LogP contribution in [0.25, 0.3) is 34.0 Å². The Hall–Kier alpha value is -4.30. The number of carboxylic acid groups (broad SMARTS) is 1. The van der Waals surface area contributed by atoms with E-state index in [0.717, 1.165) is 22.3 Å². The maximum Gasteiger partial charge on any atom is 0.322 e. The predicted octanol–water partition coefficient (Wildman–Crippen LogP) is 4.34. The number of hydrogen-bond donors (Lipinski definition) is 2. The lowest BCUT2D eigenvalue weighted by atomic mass is 9.94. The van der Waals surface area contributed by atoms with Crippen LogP contribution in [-0.4, -0.2) is 40.8 Å². The first kappa shape index (κ1) is 22.9. The van der Waals surface area contributed by atoms with E-state index < -0.39 is 18.4 Å². The van der Waals surface area contributed by atoms with Crippen molar-refractivity contribution in [3.63, 3.8) is 0 Å². The fraction of sp³-hybridized carbons (Fsp3) is 0.154. The Labute approximate surface area is 196 Å². The molecule has 0 atom stereocenters. The van der Waals surface area contributed by atoms with Crippen molar-refractivity contribution in [3.05, 3.63) is 83.4 Å². The molecule has 0 saturated heterocycles. The van der Waals surface area contributed by atoms with E-state index >= 15 is 0 Å². The van der Waals surface area contributed by atoms with Crippen LogP contribution in [0.15, 0.2) is 71.3 Å². The number of nitrogens with one attached hydrogen (secondary N) is 1. The van der Waals surface area contributed by atoms with E-state index in [0.29, 0.717) is 29.4 Å².